The number of para-hydroxylation sites is 3. The van der Waals surface area contributed by atoms with Gasteiger partial charge in [-0.1, -0.05) is 53.4 Å². The molecule has 158 valence electrons. The number of hydrogen-bond acceptors (Lipinski definition) is 8. The molecule has 0 aliphatic carbocycles. The molecule has 0 unspecified atom stereocenters. The Balaban J connectivity index is 2.08. The number of ether oxygens (including phenoxy) is 1. The van der Waals surface area contributed by atoms with Gasteiger partial charge in [0.25, 0.3) is 5.56 Å². The summed E-state index contributed by atoms with van der Waals surface area (Å²) in [7, 11) is 1.50. The number of carboxylic acids is 1. The van der Waals surface area contributed by atoms with E-state index in [4.69, 9.17) is 17.0 Å². The first kappa shape index (κ1) is 21.3. The second-order valence-electron chi connectivity index (χ2n) is 6.51. The van der Waals surface area contributed by atoms with Crippen molar-refractivity contribution in [2.24, 2.45) is 0 Å². The topological polar surface area (TPSA) is 89.2 Å². The third-order valence-electron chi connectivity index (χ3n) is 4.58. The van der Waals surface area contributed by atoms with Gasteiger partial charge in [-0.2, -0.15) is 0 Å². The molecule has 0 saturated carbocycles. The van der Waals surface area contributed by atoms with E-state index in [1.165, 1.54) is 23.0 Å². The van der Waals surface area contributed by atoms with Crippen LogP contribution < -0.4 is 15.4 Å². The Morgan fingerprint density at radius 2 is 1.84 bits per heavy atom. The molecule has 0 bridgehead atoms. The number of aliphatic carboxylic acids is 1. The molecule has 2 heterocycles. The van der Waals surface area contributed by atoms with Crippen molar-refractivity contribution in [3.8, 4) is 17.1 Å². The van der Waals surface area contributed by atoms with Crippen LogP contribution in [-0.2, 0) is 4.79 Å². The molecule has 0 amide bonds. The Morgan fingerprint density at radius 1 is 1.16 bits per heavy atom. The molecule has 4 aromatic rings. The zero-order valence-electron chi connectivity index (χ0n) is 16.5. The van der Waals surface area contributed by atoms with E-state index in [0.29, 0.717) is 25.7 Å². The average Bonchev–Trinajstić information content (AvgIpc) is 3.09. The maximum Gasteiger partial charge on any atom is 0.278 e. The molecular formula is C21H16N3O4S3-. The monoisotopic (exact) mass is 470 g/mol. The minimum Gasteiger partial charge on any atom is -0.549 e. The van der Waals surface area contributed by atoms with Crippen LogP contribution in [0.2, 0.25) is 0 Å². The number of hydrogen-bond donors (Lipinski definition) is 0. The highest BCUT2D eigenvalue weighted by Crippen LogP contribution is 2.30. The number of aromatic nitrogens is 3. The maximum atomic E-state index is 13.6. The van der Waals surface area contributed by atoms with Gasteiger partial charge in [0.2, 0.25) is 0 Å². The molecule has 7 nitrogen and oxygen atoms in total. The highest BCUT2D eigenvalue weighted by atomic mass is 32.2. The van der Waals surface area contributed by atoms with E-state index >= 15 is 0 Å². The molecule has 0 atom stereocenters. The van der Waals surface area contributed by atoms with Crippen LogP contribution in [0.15, 0.2) is 58.5 Å². The van der Waals surface area contributed by atoms with Crippen LogP contribution in [0.25, 0.3) is 21.7 Å². The first-order valence-corrected chi connectivity index (χ1v) is 11.3. The van der Waals surface area contributed by atoms with E-state index in [9.17, 15) is 14.7 Å². The lowest BCUT2D eigenvalue weighted by molar-refractivity contribution is -0.301. The molecule has 4 rings (SSSR count). The molecule has 0 saturated heterocycles. The Kier molecular flexibility index (Phi) is 5.94. The highest BCUT2D eigenvalue weighted by Gasteiger charge is 2.21. The number of thioether (sulfide) groups is 1. The van der Waals surface area contributed by atoms with E-state index in [2.05, 4.69) is 4.98 Å². The van der Waals surface area contributed by atoms with E-state index < -0.39 is 5.97 Å². The molecule has 0 fully saturated rings. The summed E-state index contributed by atoms with van der Waals surface area (Å²) in [6.45, 7) is 1.95. The van der Waals surface area contributed by atoms with Gasteiger partial charge < -0.3 is 14.6 Å². The number of carboxylic acid groups (broad SMARTS) is 1. The van der Waals surface area contributed by atoms with Gasteiger partial charge in [0.1, 0.15) is 10.4 Å². The number of rotatable bonds is 6. The number of carbonyl (C=O) groups is 1. The summed E-state index contributed by atoms with van der Waals surface area (Å²) in [5, 5.41) is 11.3. The van der Waals surface area contributed by atoms with Gasteiger partial charge in [0, 0.05) is 5.75 Å². The third kappa shape index (κ3) is 3.89. The van der Waals surface area contributed by atoms with Gasteiger partial charge in [0.15, 0.2) is 14.8 Å². The smallest absolute Gasteiger partial charge is 0.278 e. The summed E-state index contributed by atoms with van der Waals surface area (Å²) in [4.78, 5) is 29.4. The first-order valence-electron chi connectivity index (χ1n) is 9.13. The zero-order valence-corrected chi connectivity index (χ0v) is 19.0. The summed E-state index contributed by atoms with van der Waals surface area (Å²) in [5.74, 6) is -1.16. The van der Waals surface area contributed by atoms with Gasteiger partial charge in [-0.25, -0.2) is 4.98 Å². The molecule has 0 spiro atoms. The predicted octanol–water partition coefficient (Wildman–Crippen LogP) is 3.13. The summed E-state index contributed by atoms with van der Waals surface area (Å²) in [5.41, 5.74) is 2.29. The van der Waals surface area contributed by atoms with Crippen molar-refractivity contribution >= 4 is 51.6 Å². The normalized spacial score (nSPS) is 11.0. The van der Waals surface area contributed by atoms with Crippen LogP contribution in [0.4, 0.5) is 0 Å². The summed E-state index contributed by atoms with van der Waals surface area (Å²) >= 11 is 7.64. The molecule has 0 N–H and O–H groups in total. The first-order chi connectivity index (χ1) is 14.9. The molecule has 0 radical (unpaired) electrons. The van der Waals surface area contributed by atoms with Gasteiger partial charge in [0.05, 0.1) is 24.5 Å². The van der Waals surface area contributed by atoms with E-state index in [1.54, 1.807) is 28.8 Å². The van der Waals surface area contributed by atoms with Gasteiger partial charge in [-0.05, 0) is 42.9 Å². The fourth-order valence-electron chi connectivity index (χ4n) is 3.21. The van der Waals surface area contributed by atoms with Crippen molar-refractivity contribution in [1.82, 2.24) is 14.1 Å². The molecular weight excluding hydrogens is 454 g/mol. The van der Waals surface area contributed by atoms with Crippen molar-refractivity contribution < 1.29 is 14.6 Å². The van der Waals surface area contributed by atoms with E-state index in [1.807, 2.05) is 31.2 Å². The zero-order chi connectivity index (χ0) is 22.1. The second kappa shape index (κ2) is 8.66. The number of carbonyl (C=O) groups excluding carboxylic acids is 1. The van der Waals surface area contributed by atoms with Gasteiger partial charge in [-0.15, -0.1) is 0 Å². The van der Waals surface area contributed by atoms with Crippen LogP contribution >= 0.6 is 35.3 Å². The minimum absolute atomic E-state index is 0.210. The van der Waals surface area contributed by atoms with Crippen LogP contribution in [0, 0.1) is 10.9 Å². The van der Waals surface area contributed by atoms with Crippen LogP contribution in [-0.4, -0.2) is 33.0 Å². The molecule has 2 aromatic carbocycles. The fraction of sp³-hybridized carbons (Fsp3) is 0.143. The molecule has 10 heteroatoms. The largest absolute Gasteiger partial charge is 0.549 e. The van der Waals surface area contributed by atoms with Crippen molar-refractivity contribution in [3.05, 3.63) is 68.4 Å². The van der Waals surface area contributed by atoms with Gasteiger partial charge >= 0.3 is 0 Å². The minimum atomic E-state index is -1.26. The lowest BCUT2D eigenvalue weighted by Gasteiger charge is -2.15. The van der Waals surface area contributed by atoms with Crippen LogP contribution in [0.1, 0.15) is 5.56 Å². The Hall–Kier alpha value is -2.95. The highest BCUT2D eigenvalue weighted by molar-refractivity contribution is 7.99. The lowest BCUT2D eigenvalue weighted by Crippen LogP contribution is -2.26. The summed E-state index contributed by atoms with van der Waals surface area (Å²) in [6, 6.07) is 14.6. The number of fused-ring (bicyclic) bond motifs is 1. The lowest BCUT2D eigenvalue weighted by atomic mass is 10.2. The van der Waals surface area contributed by atoms with Crippen molar-refractivity contribution in [2.75, 3.05) is 12.9 Å². The molecule has 0 aliphatic rings. The molecule has 2 aromatic heterocycles. The van der Waals surface area contributed by atoms with Crippen LogP contribution in [0.5, 0.6) is 5.75 Å². The third-order valence-corrected chi connectivity index (χ3v) is 6.84. The van der Waals surface area contributed by atoms with Crippen molar-refractivity contribution in [3.63, 3.8) is 0 Å². The predicted molar refractivity (Wildman–Crippen MR) is 122 cm³/mol. The quantitative estimate of drug-likeness (QED) is 0.243. The Bertz CT molecular complexity index is 1420. The van der Waals surface area contributed by atoms with Crippen molar-refractivity contribution in [1.29, 1.82) is 0 Å². The Labute approximate surface area is 190 Å². The maximum absolute atomic E-state index is 13.6. The number of thiazole rings is 1. The fourth-order valence-corrected chi connectivity index (χ4v) is 5.21. The SMILES string of the molecule is COc1ccccc1-n1c(SCC(=O)[O-])nc2c(sc(=S)n2-c2ccccc2C)c1=O. The number of aryl methyl sites for hydroxylation is 1. The number of nitrogens with zero attached hydrogens (tertiary/aromatic N) is 3. The number of benzene rings is 2. The van der Waals surface area contributed by atoms with Crippen molar-refractivity contribution in [2.45, 2.75) is 12.1 Å². The standard InChI is InChI=1S/C21H17N3O4S3/c1-12-7-3-4-8-13(12)23-18-17(31-21(23)29)19(27)24(20(22-18)30-11-16(25)26)14-9-5-6-10-15(14)28-2/h3-10H,11H2,1-2H3,(H,25,26)/p-1. The van der Waals surface area contributed by atoms with E-state index in [-0.39, 0.29) is 16.5 Å². The molecule has 0 aliphatic heterocycles. The molecule has 31 heavy (non-hydrogen) atoms. The van der Waals surface area contributed by atoms with Gasteiger partial charge in [-0.3, -0.25) is 13.9 Å². The summed E-state index contributed by atoms with van der Waals surface area (Å²) in [6.07, 6.45) is 0. The summed E-state index contributed by atoms with van der Waals surface area (Å²) < 4.78 is 9.38. The Morgan fingerprint density at radius 3 is 2.52 bits per heavy atom. The van der Waals surface area contributed by atoms with Crippen LogP contribution in [0.3, 0.4) is 0 Å². The second-order valence-corrected chi connectivity index (χ2v) is 9.10. The number of methoxy groups -OCH3 is 1. The van der Waals surface area contributed by atoms with E-state index in [0.717, 1.165) is 23.0 Å². The average molecular weight is 471 g/mol.